The molecule has 2 aliphatic heterocycles. The maximum absolute atomic E-state index is 4.18. The molecule has 1 aromatic heterocycles. The summed E-state index contributed by atoms with van der Waals surface area (Å²) in [5.74, 6) is 0.866. The van der Waals surface area contributed by atoms with Crippen molar-refractivity contribution in [1.29, 1.82) is 0 Å². The molecule has 7 heteroatoms. The van der Waals surface area contributed by atoms with Gasteiger partial charge in [0.25, 0.3) is 0 Å². The Morgan fingerprint density at radius 2 is 2.00 bits per heavy atom. The van der Waals surface area contributed by atoms with Gasteiger partial charge in [-0.25, -0.2) is 14.7 Å². The van der Waals surface area contributed by atoms with E-state index in [1.807, 2.05) is 4.68 Å². The molecule has 0 amide bonds. The highest BCUT2D eigenvalue weighted by Gasteiger charge is 2.24. The fraction of sp³-hybridized carbons (Fsp3) is 0.778. The van der Waals surface area contributed by atoms with Crippen LogP contribution in [0.1, 0.15) is 0 Å². The summed E-state index contributed by atoms with van der Waals surface area (Å²) in [4.78, 5) is 6.49. The van der Waals surface area contributed by atoms with Crippen LogP contribution < -0.4 is 5.32 Å². The highest BCUT2D eigenvalue weighted by Crippen LogP contribution is 2.13. The minimum atomic E-state index is 0.798. The maximum Gasteiger partial charge on any atom is 0.223 e. The van der Waals surface area contributed by atoms with E-state index in [2.05, 4.69) is 37.4 Å². The van der Waals surface area contributed by atoms with Crippen LogP contribution >= 0.6 is 0 Å². The molecule has 0 atom stereocenters. The highest BCUT2D eigenvalue weighted by molar-refractivity contribution is 5.23. The standard InChI is InChI=1S/C9H17N7/c1-13-2-4-14(5-3-13)15-7-11-9-10-6-12-16(9)8-15/h6H,2-5,7-8H2,1H3,(H,10,11,12). The van der Waals surface area contributed by atoms with Crippen molar-refractivity contribution in [3.05, 3.63) is 6.33 Å². The van der Waals surface area contributed by atoms with E-state index < -0.39 is 0 Å². The van der Waals surface area contributed by atoms with E-state index in [1.165, 1.54) is 0 Å². The number of hydrogen-bond acceptors (Lipinski definition) is 6. The highest BCUT2D eigenvalue weighted by atomic mass is 15.7. The first-order chi connectivity index (χ1) is 7.83. The molecule has 3 heterocycles. The van der Waals surface area contributed by atoms with Gasteiger partial charge < -0.3 is 10.2 Å². The second-order valence-electron chi connectivity index (χ2n) is 4.32. The van der Waals surface area contributed by atoms with Crippen molar-refractivity contribution in [2.24, 2.45) is 0 Å². The summed E-state index contributed by atoms with van der Waals surface area (Å²) in [7, 11) is 2.17. The molecule has 0 bridgehead atoms. The molecule has 7 nitrogen and oxygen atoms in total. The van der Waals surface area contributed by atoms with Crippen molar-refractivity contribution < 1.29 is 0 Å². The first-order valence-corrected chi connectivity index (χ1v) is 5.63. The van der Waals surface area contributed by atoms with Crippen LogP contribution in [0.5, 0.6) is 0 Å². The molecule has 0 unspecified atom stereocenters. The summed E-state index contributed by atoms with van der Waals surface area (Å²) in [6.45, 7) is 6.04. The molecule has 0 spiro atoms. The Kier molecular flexibility index (Phi) is 2.50. The van der Waals surface area contributed by atoms with E-state index in [-0.39, 0.29) is 0 Å². The maximum atomic E-state index is 4.18. The molecule has 88 valence electrons. The fourth-order valence-electron chi connectivity index (χ4n) is 2.14. The Balaban J connectivity index is 1.65. The second-order valence-corrected chi connectivity index (χ2v) is 4.32. The van der Waals surface area contributed by atoms with Crippen LogP contribution in [0.15, 0.2) is 6.33 Å². The summed E-state index contributed by atoms with van der Waals surface area (Å²) in [6, 6.07) is 0. The molecule has 2 aliphatic rings. The van der Waals surface area contributed by atoms with Crippen molar-refractivity contribution in [2.75, 3.05) is 45.2 Å². The summed E-state index contributed by atoms with van der Waals surface area (Å²) < 4.78 is 1.89. The lowest BCUT2D eigenvalue weighted by Gasteiger charge is -2.41. The third kappa shape index (κ3) is 1.77. The normalized spacial score (nSPS) is 24.1. The van der Waals surface area contributed by atoms with Crippen molar-refractivity contribution in [3.8, 4) is 0 Å². The molecule has 16 heavy (non-hydrogen) atoms. The van der Waals surface area contributed by atoms with Gasteiger partial charge in [-0.1, -0.05) is 0 Å². The molecular formula is C9H17N7. The first-order valence-electron chi connectivity index (χ1n) is 5.63. The summed E-state index contributed by atoms with van der Waals surface area (Å²) in [5.41, 5.74) is 0. The Morgan fingerprint density at radius 3 is 2.81 bits per heavy atom. The number of rotatable bonds is 1. The summed E-state index contributed by atoms with van der Waals surface area (Å²) in [5, 5.41) is 12.1. The van der Waals surface area contributed by atoms with Crippen LogP contribution in [0.4, 0.5) is 5.95 Å². The Hall–Kier alpha value is -1.18. The number of piperazine rings is 1. The van der Waals surface area contributed by atoms with Crippen LogP contribution in [0.3, 0.4) is 0 Å². The average molecular weight is 223 g/mol. The molecule has 1 aromatic rings. The van der Waals surface area contributed by atoms with Gasteiger partial charge in [0.15, 0.2) is 0 Å². The van der Waals surface area contributed by atoms with E-state index >= 15 is 0 Å². The minimum absolute atomic E-state index is 0.798. The molecule has 3 rings (SSSR count). The molecule has 0 aliphatic carbocycles. The zero-order chi connectivity index (χ0) is 11.0. The lowest BCUT2D eigenvalue weighted by molar-refractivity contribution is -0.0770. The number of hydrogen-bond donors (Lipinski definition) is 1. The third-order valence-electron chi connectivity index (χ3n) is 3.21. The smallest absolute Gasteiger partial charge is 0.223 e. The lowest BCUT2D eigenvalue weighted by atomic mass is 10.4. The number of nitrogens with one attached hydrogen (secondary N) is 1. The van der Waals surface area contributed by atoms with Crippen molar-refractivity contribution in [1.82, 2.24) is 29.7 Å². The zero-order valence-electron chi connectivity index (χ0n) is 9.50. The van der Waals surface area contributed by atoms with E-state index in [9.17, 15) is 0 Å². The van der Waals surface area contributed by atoms with Gasteiger partial charge in [-0.05, 0) is 7.05 Å². The number of hydrazine groups is 1. The summed E-state index contributed by atoms with van der Waals surface area (Å²) in [6.07, 6.45) is 1.59. The molecule has 0 aromatic carbocycles. The van der Waals surface area contributed by atoms with Gasteiger partial charge in [0.1, 0.15) is 13.0 Å². The van der Waals surface area contributed by atoms with Crippen LogP contribution in [-0.4, -0.2) is 69.6 Å². The molecule has 1 saturated heterocycles. The predicted molar refractivity (Wildman–Crippen MR) is 59.4 cm³/mol. The van der Waals surface area contributed by atoms with Gasteiger partial charge >= 0.3 is 0 Å². The number of aromatic nitrogens is 3. The average Bonchev–Trinajstić information content (AvgIpc) is 2.77. The Morgan fingerprint density at radius 1 is 1.19 bits per heavy atom. The van der Waals surface area contributed by atoms with Gasteiger partial charge in [-0.2, -0.15) is 10.1 Å². The monoisotopic (exact) mass is 223 g/mol. The van der Waals surface area contributed by atoms with Crippen LogP contribution in [0.2, 0.25) is 0 Å². The quantitative estimate of drug-likeness (QED) is 0.665. The van der Waals surface area contributed by atoms with Crippen LogP contribution in [0.25, 0.3) is 0 Å². The topological polar surface area (TPSA) is 52.5 Å². The zero-order valence-corrected chi connectivity index (χ0v) is 9.50. The van der Waals surface area contributed by atoms with E-state index in [1.54, 1.807) is 6.33 Å². The summed E-state index contributed by atoms with van der Waals surface area (Å²) >= 11 is 0. The SMILES string of the molecule is CN1CCN(N2CNc3ncnn3C2)CC1. The largest absolute Gasteiger partial charge is 0.340 e. The van der Waals surface area contributed by atoms with Crippen LogP contribution in [0, 0.1) is 0 Å². The van der Waals surface area contributed by atoms with Crippen molar-refractivity contribution in [3.63, 3.8) is 0 Å². The number of anilines is 1. The number of fused-ring (bicyclic) bond motifs is 1. The second kappa shape index (κ2) is 4.00. The van der Waals surface area contributed by atoms with Gasteiger partial charge in [0.2, 0.25) is 5.95 Å². The number of nitrogens with zero attached hydrogens (tertiary/aromatic N) is 6. The molecule has 0 saturated carbocycles. The minimum Gasteiger partial charge on any atom is -0.340 e. The first kappa shape index (κ1) is 10.0. The van der Waals surface area contributed by atoms with Gasteiger partial charge in [0.05, 0.1) is 6.67 Å². The van der Waals surface area contributed by atoms with E-state index in [0.717, 1.165) is 45.5 Å². The third-order valence-corrected chi connectivity index (χ3v) is 3.21. The van der Waals surface area contributed by atoms with Gasteiger partial charge in [-0.3, -0.25) is 0 Å². The van der Waals surface area contributed by atoms with Crippen molar-refractivity contribution >= 4 is 5.95 Å². The molecular weight excluding hydrogens is 206 g/mol. The fourth-order valence-corrected chi connectivity index (χ4v) is 2.14. The van der Waals surface area contributed by atoms with Crippen molar-refractivity contribution in [2.45, 2.75) is 6.67 Å². The lowest BCUT2D eigenvalue weighted by Crippen LogP contribution is -2.55. The predicted octanol–water partition coefficient (Wildman–Crippen LogP) is -0.917. The number of likely N-dealkylation sites (N-methyl/N-ethyl adjacent to an activating group) is 1. The Labute approximate surface area is 94.6 Å². The van der Waals surface area contributed by atoms with Gasteiger partial charge in [-0.15, -0.1) is 0 Å². The Bertz CT molecular complexity index is 354. The van der Waals surface area contributed by atoms with Crippen LogP contribution in [-0.2, 0) is 6.67 Å². The molecule has 1 fully saturated rings. The molecule has 1 N–H and O–H groups in total. The van der Waals surface area contributed by atoms with Gasteiger partial charge in [0, 0.05) is 26.2 Å². The van der Waals surface area contributed by atoms with E-state index in [4.69, 9.17) is 0 Å². The molecule has 0 radical (unpaired) electrons. The van der Waals surface area contributed by atoms with E-state index in [0.29, 0.717) is 0 Å².